The highest BCUT2D eigenvalue weighted by Gasteiger charge is 2.27. The number of amides is 2. The maximum Gasteiger partial charge on any atom is 0.274 e. The van der Waals surface area contributed by atoms with Gasteiger partial charge in [-0.1, -0.05) is 0 Å². The number of nitro benzene ring substituents is 1. The summed E-state index contributed by atoms with van der Waals surface area (Å²) in [6.07, 6.45) is 2.30. The SMILES string of the molecule is CC(=O)N1CCC(NC(=O)CN2CCc3cc(C)c([N+](=O)[O-])cc32)CC1. The number of carbonyl (C=O) groups excluding carboxylic acids is 2. The Balaban J connectivity index is 1.59. The number of benzene rings is 1. The topological polar surface area (TPSA) is 95.8 Å². The molecule has 8 heteroatoms. The molecule has 1 N–H and O–H groups in total. The van der Waals surface area contributed by atoms with Crippen LogP contribution in [0, 0.1) is 17.0 Å². The van der Waals surface area contributed by atoms with E-state index in [2.05, 4.69) is 5.32 Å². The number of carbonyl (C=O) groups is 2. The molecule has 1 aromatic rings. The first-order chi connectivity index (χ1) is 12.3. The minimum absolute atomic E-state index is 0.0698. The van der Waals surface area contributed by atoms with Crippen LogP contribution >= 0.6 is 0 Å². The molecule has 0 atom stereocenters. The van der Waals surface area contributed by atoms with Gasteiger partial charge in [0.05, 0.1) is 11.5 Å². The van der Waals surface area contributed by atoms with E-state index in [1.807, 2.05) is 11.0 Å². The number of likely N-dealkylation sites (tertiary alicyclic amines) is 1. The molecule has 2 heterocycles. The lowest BCUT2D eigenvalue weighted by Gasteiger charge is -2.32. The first-order valence-electron chi connectivity index (χ1n) is 8.93. The second-order valence-electron chi connectivity index (χ2n) is 7.04. The number of nitrogens with one attached hydrogen (secondary N) is 1. The summed E-state index contributed by atoms with van der Waals surface area (Å²) in [6.45, 7) is 5.51. The number of anilines is 1. The third-order valence-electron chi connectivity index (χ3n) is 5.23. The molecular weight excluding hydrogens is 336 g/mol. The van der Waals surface area contributed by atoms with E-state index in [1.54, 1.807) is 24.8 Å². The summed E-state index contributed by atoms with van der Waals surface area (Å²) in [5.74, 6) is -0.0114. The monoisotopic (exact) mass is 360 g/mol. The molecule has 1 fully saturated rings. The fraction of sp³-hybridized carbons (Fsp3) is 0.556. The number of hydrogen-bond donors (Lipinski definition) is 1. The molecule has 0 radical (unpaired) electrons. The molecule has 8 nitrogen and oxygen atoms in total. The van der Waals surface area contributed by atoms with E-state index in [9.17, 15) is 19.7 Å². The highest BCUT2D eigenvalue weighted by atomic mass is 16.6. The summed E-state index contributed by atoms with van der Waals surface area (Å²) in [5, 5.41) is 14.2. The fourth-order valence-corrected chi connectivity index (χ4v) is 3.76. The van der Waals surface area contributed by atoms with Gasteiger partial charge in [0.2, 0.25) is 11.8 Å². The van der Waals surface area contributed by atoms with Gasteiger partial charge in [0.1, 0.15) is 0 Å². The van der Waals surface area contributed by atoms with Crippen molar-refractivity contribution in [1.29, 1.82) is 0 Å². The maximum absolute atomic E-state index is 12.4. The molecule has 2 aliphatic rings. The van der Waals surface area contributed by atoms with Gasteiger partial charge < -0.3 is 15.1 Å². The zero-order valence-electron chi connectivity index (χ0n) is 15.2. The number of hydrogen-bond acceptors (Lipinski definition) is 5. The molecule has 3 rings (SSSR count). The second kappa shape index (κ2) is 7.31. The van der Waals surface area contributed by atoms with Gasteiger partial charge in [0.15, 0.2) is 0 Å². The van der Waals surface area contributed by atoms with E-state index in [-0.39, 0.29) is 35.0 Å². The summed E-state index contributed by atoms with van der Waals surface area (Å²) >= 11 is 0. The minimum Gasteiger partial charge on any atom is -0.361 e. The molecule has 26 heavy (non-hydrogen) atoms. The van der Waals surface area contributed by atoms with Crippen molar-refractivity contribution >= 4 is 23.2 Å². The van der Waals surface area contributed by atoms with Crippen molar-refractivity contribution in [3.05, 3.63) is 33.4 Å². The lowest BCUT2D eigenvalue weighted by atomic mass is 10.0. The molecule has 0 unspecified atom stereocenters. The molecule has 0 aromatic heterocycles. The number of piperidine rings is 1. The standard InChI is InChI=1S/C18H24N4O4/c1-12-9-14-3-6-21(17(14)10-16(12)22(25)26)11-18(24)19-15-4-7-20(8-5-15)13(2)23/h9-10,15H,3-8,11H2,1-2H3,(H,19,24). The zero-order valence-corrected chi connectivity index (χ0v) is 15.2. The van der Waals surface area contributed by atoms with Crippen molar-refractivity contribution in [1.82, 2.24) is 10.2 Å². The average Bonchev–Trinajstić information content (AvgIpc) is 2.95. The van der Waals surface area contributed by atoms with Crippen molar-refractivity contribution < 1.29 is 14.5 Å². The molecule has 1 saturated heterocycles. The van der Waals surface area contributed by atoms with E-state index in [4.69, 9.17) is 0 Å². The van der Waals surface area contributed by atoms with E-state index >= 15 is 0 Å². The molecule has 0 aliphatic carbocycles. The number of nitrogens with zero attached hydrogens (tertiary/aromatic N) is 3. The van der Waals surface area contributed by atoms with Crippen molar-refractivity contribution in [2.24, 2.45) is 0 Å². The van der Waals surface area contributed by atoms with Gasteiger partial charge in [-0.05, 0) is 37.8 Å². The van der Waals surface area contributed by atoms with Crippen LogP contribution in [0.5, 0.6) is 0 Å². The summed E-state index contributed by atoms with van der Waals surface area (Å²) in [6, 6.07) is 3.51. The van der Waals surface area contributed by atoms with Gasteiger partial charge in [0.25, 0.3) is 5.69 Å². The molecule has 1 aromatic carbocycles. The Kier molecular flexibility index (Phi) is 5.11. The third-order valence-corrected chi connectivity index (χ3v) is 5.23. The van der Waals surface area contributed by atoms with Crippen LogP contribution in [0.2, 0.25) is 0 Å². The van der Waals surface area contributed by atoms with Crippen LogP contribution in [-0.2, 0) is 16.0 Å². The van der Waals surface area contributed by atoms with Gasteiger partial charge in [-0.25, -0.2) is 0 Å². The summed E-state index contributed by atoms with van der Waals surface area (Å²) < 4.78 is 0. The van der Waals surface area contributed by atoms with Crippen molar-refractivity contribution in [2.45, 2.75) is 39.2 Å². The number of aryl methyl sites for hydroxylation is 1. The maximum atomic E-state index is 12.4. The van der Waals surface area contributed by atoms with E-state index in [1.165, 1.54) is 0 Å². The molecule has 140 valence electrons. The lowest BCUT2D eigenvalue weighted by molar-refractivity contribution is -0.385. The first-order valence-corrected chi connectivity index (χ1v) is 8.93. The smallest absolute Gasteiger partial charge is 0.274 e. The third kappa shape index (κ3) is 3.79. The van der Waals surface area contributed by atoms with Crippen molar-refractivity contribution in [2.75, 3.05) is 31.1 Å². The van der Waals surface area contributed by atoms with Crippen LogP contribution in [-0.4, -0.2) is 53.9 Å². The summed E-state index contributed by atoms with van der Waals surface area (Å²) in [5.41, 5.74) is 2.57. The number of rotatable bonds is 4. The van der Waals surface area contributed by atoms with Gasteiger partial charge in [0, 0.05) is 49.9 Å². The van der Waals surface area contributed by atoms with E-state index in [0.717, 1.165) is 30.5 Å². The Hall–Kier alpha value is -2.64. The van der Waals surface area contributed by atoms with Crippen LogP contribution in [0.25, 0.3) is 0 Å². The fourth-order valence-electron chi connectivity index (χ4n) is 3.76. The van der Waals surface area contributed by atoms with Crippen LogP contribution in [0.1, 0.15) is 30.9 Å². The largest absolute Gasteiger partial charge is 0.361 e. The minimum atomic E-state index is -0.380. The van der Waals surface area contributed by atoms with E-state index < -0.39 is 0 Å². The Morgan fingerprint density at radius 1 is 1.27 bits per heavy atom. The van der Waals surface area contributed by atoms with Crippen LogP contribution in [0.4, 0.5) is 11.4 Å². The second-order valence-corrected chi connectivity index (χ2v) is 7.04. The molecule has 0 saturated carbocycles. The normalized spacial score (nSPS) is 17.2. The first kappa shape index (κ1) is 18.2. The molecular formula is C18H24N4O4. The van der Waals surface area contributed by atoms with Crippen LogP contribution in [0.3, 0.4) is 0 Å². The molecule has 2 aliphatic heterocycles. The summed E-state index contributed by atoms with van der Waals surface area (Å²) in [4.78, 5) is 38.3. The lowest BCUT2D eigenvalue weighted by Crippen LogP contribution is -2.48. The van der Waals surface area contributed by atoms with Gasteiger partial charge in [-0.2, -0.15) is 0 Å². The summed E-state index contributed by atoms with van der Waals surface area (Å²) in [7, 11) is 0. The Morgan fingerprint density at radius 2 is 1.96 bits per heavy atom. The Labute approximate surface area is 152 Å². The van der Waals surface area contributed by atoms with Crippen molar-refractivity contribution in [3.8, 4) is 0 Å². The zero-order chi connectivity index (χ0) is 18.8. The predicted octanol–water partition coefficient (Wildman–Crippen LogP) is 1.39. The van der Waals surface area contributed by atoms with Crippen LogP contribution < -0.4 is 10.2 Å². The highest BCUT2D eigenvalue weighted by Crippen LogP contribution is 2.33. The van der Waals surface area contributed by atoms with Gasteiger partial charge >= 0.3 is 0 Å². The quantitative estimate of drug-likeness (QED) is 0.647. The molecule has 0 spiro atoms. The average molecular weight is 360 g/mol. The van der Waals surface area contributed by atoms with Crippen molar-refractivity contribution in [3.63, 3.8) is 0 Å². The molecule has 0 bridgehead atoms. The highest BCUT2D eigenvalue weighted by molar-refractivity contribution is 5.83. The Bertz CT molecular complexity index is 741. The molecule has 2 amide bonds. The van der Waals surface area contributed by atoms with Gasteiger partial charge in [-0.15, -0.1) is 0 Å². The van der Waals surface area contributed by atoms with Gasteiger partial charge in [-0.3, -0.25) is 19.7 Å². The van der Waals surface area contributed by atoms with Crippen LogP contribution in [0.15, 0.2) is 12.1 Å². The predicted molar refractivity (Wildman–Crippen MR) is 97.2 cm³/mol. The van der Waals surface area contributed by atoms with E-state index in [0.29, 0.717) is 25.2 Å². The number of nitro groups is 1. The Morgan fingerprint density at radius 3 is 2.58 bits per heavy atom. The number of fused-ring (bicyclic) bond motifs is 1.